The fourth-order valence-corrected chi connectivity index (χ4v) is 3.01. The zero-order chi connectivity index (χ0) is 14.7. The van der Waals surface area contributed by atoms with Gasteiger partial charge in [0, 0.05) is 25.2 Å². The van der Waals surface area contributed by atoms with Crippen LogP contribution in [0.4, 0.5) is 11.4 Å². The lowest BCUT2D eigenvalue weighted by Gasteiger charge is -2.22. The summed E-state index contributed by atoms with van der Waals surface area (Å²) in [6.45, 7) is 2.09. The maximum absolute atomic E-state index is 5.99. The minimum Gasteiger partial charge on any atom is -0.479 e. The number of hydrogen-bond donors (Lipinski definition) is 1. The number of rotatable bonds is 5. The molecular weight excluding hydrogens is 294 g/mol. The molecule has 0 saturated heterocycles. The third kappa shape index (κ3) is 3.16. The fourth-order valence-electron chi connectivity index (χ4n) is 1.94. The fraction of sp³-hybridized carbons (Fsp3) is 0.357. The van der Waals surface area contributed by atoms with Crippen molar-refractivity contribution in [2.75, 3.05) is 31.4 Å². The van der Waals surface area contributed by atoms with Crippen LogP contribution in [0.2, 0.25) is 4.34 Å². The van der Waals surface area contributed by atoms with Crippen LogP contribution in [0.15, 0.2) is 24.4 Å². The van der Waals surface area contributed by atoms with Crippen molar-refractivity contribution in [1.29, 1.82) is 0 Å². The standard InChI is InChI=1S/C14H18ClN3OS/c1-9(11-5-6-12(15)20-11)17-13-10(18(2)3)7-8-16-14(13)19-4/h5-9,17H,1-4H3. The highest BCUT2D eigenvalue weighted by atomic mass is 35.5. The second-order valence-corrected chi connectivity index (χ2v) is 6.36. The third-order valence-corrected chi connectivity index (χ3v) is 4.36. The quantitative estimate of drug-likeness (QED) is 0.904. The van der Waals surface area contributed by atoms with Crippen molar-refractivity contribution < 1.29 is 4.74 Å². The molecule has 1 atom stereocenters. The van der Waals surface area contributed by atoms with Crippen LogP contribution in [-0.2, 0) is 0 Å². The highest BCUT2D eigenvalue weighted by Crippen LogP contribution is 2.36. The van der Waals surface area contributed by atoms with Crippen LogP contribution < -0.4 is 15.0 Å². The maximum Gasteiger partial charge on any atom is 0.239 e. The molecule has 0 saturated carbocycles. The van der Waals surface area contributed by atoms with Crippen LogP contribution in [0, 0.1) is 0 Å². The highest BCUT2D eigenvalue weighted by Gasteiger charge is 2.16. The first-order valence-electron chi connectivity index (χ1n) is 6.25. The number of nitrogens with zero attached hydrogens (tertiary/aromatic N) is 2. The van der Waals surface area contributed by atoms with E-state index in [2.05, 4.69) is 17.2 Å². The molecule has 0 amide bonds. The first-order valence-corrected chi connectivity index (χ1v) is 7.44. The Hall–Kier alpha value is -1.46. The van der Waals surface area contributed by atoms with Gasteiger partial charge in [-0.05, 0) is 25.1 Å². The molecule has 2 rings (SSSR count). The second-order valence-electron chi connectivity index (χ2n) is 4.62. The summed E-state index contributed by atoms with van der Waals surface area (Å²) in [5, 5.41) is 3.46. The lowest BCUT2D eigenvalue weighted by molar-refractivity contribution is 0.399. The number of hydrogen-bond acceptors (Lipinski definition) is 5. The number of thiophene rings is 1. The van der Waals surface area contributed by atoms with Gasteiger partial charge in [-0.25, -0.2) is 4.98 Å². The Labute approximate surface area is 128 Å². The highest BCUT2D eigenvalue weighted by molar-refractivity contribution is 7.16. The number of methoxy groups -OCH3 is 1. The molecule has 0 bridgehead atoms. The van der Waals surface area contributed by atoms with E-state index in [1.165, 1.54) is 4.88 Å². The number of nitrogens with one attached hydrogen (secondary N) is 1. The van der Waals surface area contributed by atoms with E-state index >= 15 is 0 Å². The molecule has 108 valence electrons. The van der Waals surface area contributed by atoms with Gasteiger partial charge in [0.1, 0.15) is 5.69 Å². The molecule has 6 heteroatoms. The zero-order valence-electron chi connectivity index (χ0n) is 12.0. The first kappa shape index (κ1) is 14.9. The average Bonchev–Trinajstić information content (AvgIpc) is 2.85. The maximum atomic E-state index is 5.99. The van der Waals surface area contributed by atoms with Crippen LogP contribution in [0.25, 0.3) is 0 Å². The topological polar surface area (TPSA) is 37.4 Å². The van der Waals surface area contributed by atoms with Gasteiger partial charge in [0.15, 0.2) is 0 Å². The summed E-state index contributed by atoms with van der Waals surface area (Å²) in [5.74, 6) is 0.589. The summed E-state index contributed by atoms with van der Waals surface area (Å²) in [6, 6.07) is 6.03. The molecule has 20 heavy (non-hydrogen) atoms. The van der Waals surface area contributed by atoms with Crippen LogP contribution in [0.1, 0.15) is 17.8 Å². The van der Waals surface area contributed by atoms with Gasteiger partial charge >= 0.3 is 0 Å². The van der Waals surface area contributed by atoms with Gasteiger partial charge in [0.05, 0.1) is 23.2 Å². The van der Waals surface area contributed by atoms with Crippen molar-refractivity contribution in [3.8, 4) is 5.88 Å². The molecule has 0 aromatic carbocycles. The van der Waals surface area contributed by atoms with Crippen molar-refractivity contribution in [3.05, 3.63) is 33.6 Å². The molecule has 0 fully saturated rings. The van der Waals surface area contributed by atoms with E-state index in [9.17, 15) is 0 Å². The van der Waals surface area contributed by atoms with E-state index in [1.54, 1.807) is 24.6 Å². The van der Waals surface area contributed by atoms with E-state index in [-0.39, 0.29) is 6.04 Å². The van der Waals surface area contributed by atoms with Crippen molar-refractivity contribution >= 4 is 34.3 Å². The SMILES string of the molecule is COc1nccc(N(C)C)c1NC(C)c1ccc(Cl)s1. The molecule has 2 heterocycles. The van der Waals surface area contributed by atoms with Gasteiger partial charge in [-0.15, -0.1) is 11.3 Å². The van der Waals surface area contributed by atoms with E-state index in [4.69, 9.17) is 16.3 Å². The Morgan fingerprint density at radius 3 is 2.65 bits per heavy atom. The molecule has 0 radical (unpaired) electrons. The Morgan fingerprint density at radius 1 is 1.35 bits per heavy atom. The molecule has 0 aliphatic rings. The Balaban J connectivity index is 2.32. The Morgan fingerprint density at radius 2 is 2.10 bits per heavy atom. The van der Waals surface area contributed by atoms with Crippen LogP contribution in [0.3, 0.4) is 0 Å². The number of pyridine rings is 1. The van der Waals surface area contributed by atoms with Gasteiger partial charge < -0.3 is 15.0 Å². The van der Waals surface area contributed by atoms with Crippen molar-refractivity contribution in [2.45, 2.75) is 13.0 Å². The van der Waals surface area contributed by atoms with Crippen LogP contribution in [-0.4, -0.2) is 26.2 Å². The summed E-state index contributed by atoms with van der Waals surface area (Å²) in [5.41, 5.74) is 1.92. The third-order valence-electron chi connectivity index (χ3n) is 2.95. The number of aromatic nitrogens is 1. The van der Waals surface area contributed by atoms with Gasteiger partial charge in [0.2, 0.25) is 5.88 Å². The van der Waals surface area contributed by atoms with Crippen LogP contribution >= 0.6 is 22.9 Å². The molecular formula is C14H18ClN3OS. The predicted octanol–water partition coefficient (Wildman–Crippen LogP) is 4.04. The minimum absolute atomic E-state index is 0.129. The molecule has 0 aliphatic heterocycles. The largest absolute Gasteiger partial charge is 0.479 e. The molecule has 1 unspecified atom stereocenters. The van der Waals surface area contributed by atoms with Crippen molar-refractivity contribution in [2.24, 2.45) is 0 Å². The van der Waals surface area contributed by atoms with E-state index in [0.29, 0.717) is 5.88 Å². The first-order chi connectivity index (χ1) is 9.52. The lowest BCUT2D eigenvalue weighted by Crippen LogP contribution is -2.15. The van der Waals surface area contributed by atoms with Crippen molar-refractivity contribution in [3.63, 3.8) is 0 Å². The van der Waals surface area contributed by atoms with E-state index < -0.39 is 0 Å². The van der Waals surface area contributed by atoms with Gasteiger partial charge in [-0.2, -0.15) is 0 Å². The Bertz CT molecular complexity index is 586. The normalized spacial score (nSPS) is 12.1. The summed E-state index contributed by atoms with van der Waals surface area (Å²) >= 11 is 7.56. The zero-order valence-corrected chi connectivity index (χ0v) is 13.5. The minimum atomic E-state index is 0.129. The molecule has 4 nitrogen and oxygen atoms in total. The summed E-state index contributed by atoms with van der Waals surface area (Å²) in [4.78, 5) is 7.46. The molecule has 1 N–H and O–H groups in total. The van der Waals surface area contributed by atoms with Gasteiger partial charge in [-0.1, -0.05) is 11.6 Å². The van der Waals surface area contributed by atoms with E-state index in [0.717, 1.165) is 15.7 Å². The monoisotopic (exact) mass is 311 g/mol. The van der Waals surface area contributed by atoms with Gasteiger partial charge in [-0.3, -0.25) is 0 Å². The van der Waals surface area contributed by atoms with Crippen LogP contribution in [0.5, 0.6) is 5.88 Å². The summed E-state index contributed by atoms with van der Waals surface area (Å²) in [7, 11) is 5.61. The van der Waals surface area contributed by atoms with Crippen molar-refractivity contribution in [1.82, 2.24) is 4.98 Å². The molecule has 2 aromatic rings. The summed E-state index contributed by atoms with van der Waals surface area (Å²) in [6.07, 6.45) is 1.74. The van der Waals surface area contributed by atoms with E-state index in [1.807, 2.05) is 37.2 Å². The van der Waals surface area contributed by atoms with Gasteiger partial charge in [0.25, 0.3) is 0 Å². The lowest BCUT2D eigenvalue weighted by atomic mass is 10.2. The molecule has 0 spiro atoms. The number of ether oxygens (including phenoxy) is 1. The number of halogens is 1. The second kappa shape index (κ2) is 6.33. The molecule has 0 aliphatic carbocycles. The molecule has 2 aromatic heterocycles. The predicted molar refractivity (Wildman–Crippen MR) is 86.5 cm³/mol. The number of anilines is 2. The average molecular weight is 312 g/mol. The summed E-state index contributed by atoms with van der Waals surface area (Å²) < 4.78 is 6.15. The Kier molecular flexibility index (Phi) is 4.73. The smallest absolute Gasteiger partial charge is 0.239 e.